The molecule has 0 aromatic heterocycles. The first kappa shape index (κ1) is 18.5. The predicted octanol–water partition coefficient (Wildman–Crippen LogP) is 1.97. The highest BCUT2D eigenvalue weighted by atomic mass is 35.5. The SMILES string of the molecule is CC(C)NC(=O)CN(C)CC(=O)N[C@H](C)c1cccc(Cl)c1. The molecule has 1 aromatic rings. The fourth-order valence-electron chi connectivity index (χ4n) is 2.06. The first-order valence-corrected chi connectivity index (χ1v) is 7.68. The number of likely N-dealkylation sites (N-methyl/N-ethyl adjacent to an activating group) is 1. The third-order valence-electron chi connectivity index (χ3n) is 3.00. The molecule has 0 aliphatic heterocycles. The first-order valence-electron chi connectivity index (χ1n) is 7.30. The molecule has 0 heterocycles. The van der Waals surface area contributed by atoms with Gasteiger partial charge in [0.25, 0.3) is 0 Å². The van der Waals surface area contributed by atoms with E-state index < -0.39 is 0 Å². The van der Waals surface area contributed by atoms with E-state index in [1.807, 2.05) is 39.0 Å². The Morgan fingerprint density at radius 2 is 1.73 bits per heavy atom. The molecule has 2 amide bonds. The van der Waals surface area contributed by atoms with Gasteiger partial charge in [-0.25, -0.2) is 0 Å². The minimum atomic E-state index is -0.135. The summed E-state index contributed by atoms with van der Waals surface area (Å²) in [6.07, 6.45) is 0. The number of nitrogens with one attached hydrogen (secondary N) is 2. The number of carbonyl (C=O) groups excluding carboxylic acids is 2. The molecule has 0 radical (unpaired) electrons. The smallest absolute Gasteiger partial charge is 0.234 e. The van der Waals surface area contributed by atoms with Gasteiger partial charge in [0.2, 0.25) is 11.8 Å². The summed E-state index contributed by atoms with van der Waals surface area (Å²) in [5.41, 5.74) is 0.945. The Hall–Kier alpha value is -1.59. The van der Waals surface area contributed by atoms with Crippen LogP contribution in [-0.2, 0) is 9.59 Å². The molecule has 0 saturated carbocycles. The van der Waals surface area contributed by atoms with Crippen molar-refractivity contribution in [2.45, 2.75) is 32.9 Å². The van der Waals surface area contributed by atoms with Crippen molar-refractivity contribution >= 4 is 23.4 Å². The van der Waals surface area contributed by atoms with Crippen LogP contribution in [0.3, 0.4) is 0 Å². The lowest BCUT2D eigenvalue weighted by Gasteiger charge is -2.19. The minimum absolute atomic E-state index is 0.0896. The van der Waals surface area contributed by atoms with Crippen molar-refractivity contribution in [1.29, 1.82) is 0 Å². The van der Waals surface area contributed by atoms with E-state index in [1.165, 1.54) is 0 Å². The lowest BCUT2D eigenvalue weighted by Crippen LogP contribution is -2.42. The molecule has 122 valence electrons. The summed E-state index contributed by atoms with van der Waals surface area (Å²) in [4.78, 5) is 25.3. The Morgan fingerprint density at radius 1 is 1.14 bits per heavy atom. The van der Waals surface area contributed by atoms with Gasteiger partial charge in [-0.3, -0.25) is 14.5 Å². The first-order chi connectivity index (χ1) is 10.3. The molecule has 22 heavy (non-hydrogen) atoms. The number of hydrogen-bond donors (Lipinski definition) is 2. The third kappa shape index (κ3) is 6.91. The van der Waals surface area contributed by atoms with Gasteiger partial charge in [-0.05, 0) is 45.5 Å². The van der Waals surface area contributed by atoms with Gasteiger partial charge >= 0.3 is 0 Å². The van der Waals surface area contributed by atoms with E-state index in [-0.39, 0.29) is 37.0 Å². The molecule has 0 aliphatic carbocycles. The van der Waals surface area contributed by atoms with Crippen molar-refractivity contribution < 1.29 is 9.59 Å². The number of benzene rings is 1. The molecule has 1 rings (SSSR count). The maximum absolute atomic E-state index is 12.0. The molecule has 2 N–H and O–H groups in total. The van der Waals surface area contributed by atoms with Gasteiger partial charge in [-0.2, -0.15) is 0 Å². The van der Waals surface area contributed by atoms with Crippen molar-refractivity contribution in [2.75, 3.05) is 20.1 Å². The fourth-order valence-corrected chi connectivity index (χ4v) is 2.26. The molecule has 0 spiro atoms. The summed E-state index contributed by atoms with van der Waals surface area (Å²) in [7, 11) is 1.74. The van der Waals surface area contributed by atoms with Gasteiger partial charge in [-0.1, -0.05) is 23.7 Å². The Bertz CT molecular complexity index is 520. The van der Waals surface area contributed by atoms with E-state index in [2.05, 4.69) is 10.6 Å². The lowest BCUT2D eigenvalue weighted by molar-refractivity contribution is -0.125. The Morgan fingerprint density at radius 3 is 2.27 bits per heavy atom. The molecule has 1 atom stereocenters. The van der Waals surface area contributed by atoms with Crippen LogP contribution in [0.15, 0.2) is 24.3 Å². The standard InChI is InChI=1S/C16H24ClN3O2/c1-11(2)18-15(21)9-20(4)10-16(22)19-12(3)13-6-5-7-14(17)8-13/h5-8,11-12H,9-10H2,1-4H3,(H,18,21)(H,19,22)/t12-/m1/s1. The van der Waals surface area contributed by atoms with Crippen molar-refractivity contribution in [1.82, 2.24) is 15.5 Å². The highest BCUT2D eigenvalue weighted by molar-refractivity contribution is 6.30. The molecule has 5 nitrogen and oxygen atoms in total. The summed E-state index contributed by atoms with van der Waals surface area (Å²) < 4.78 is 0. The minimum Gasteiger partial charge on any atom is -0.353 e. The summed E-state index contributed by atoms with van der Waals surface area (Å²) in [5, 5.41) is 6.33. The molecule has 0 saturated heterocycles. The van der Waals surface area contributed by atoms with E-state index >= 15 is 0 Å². The molecular weight excluding hydrogens is 302 g/mol. The van der Waals surface area contributed by atoms with E-state index in [9.17, 15) is 9.59 Å². The van der Waals surface area contributed by atoms with Crippen LogP contribution >= 0.6 is 11.6 Å². The molecule has 0 aliphatic rings. The molecule has 0 bridgehead atoms. The normalized spacial score (nSPS) is 12.3. The second-order valence-electron chi connectivity index (χ2n) is 5.74. The molecule has 1 aromatic carbocycles. The van der Waals surface area contributed by atoms with Gasteiger partial charge in [-0.15, -0.1) is 0 Å². The van der Waals surface area contributed by atoms with Crippen LogP contribution in [-0.4, -0.2) is 42.9 Å². The van der Waals surface area contributed by atoms with E-state index in [1.54, 1.807) is 18.0 Å². The number of halogens is 1. The van der Waals surface area contributed by atoms with Crippen LogP contribution in [0.4, 0.5) is 0 Å². The molecule has 6 heteroatoms. The monoisotopic (exact) mass is 325 g/mol. The maximum atomic E-state index is 12.0. The number of carbonyl (C=O) groups is 2. The molecule has 0 fully saturated rings. The topological polar surface area (TPSA) is 61.4 Å². The zero-order chi connectivity index (χ0) is 16.7. The van der Waals surface area contributed by atoms with Crippen molar-refractivity contribution in [3.8, 4) is 0 Å². The zero-order valence-corrected chi connectivity index (χ0v) is 14.3. The maximum Gasteiger partial charge on any atom is 0.234 e. The van der Waals surface area contributed by atoms with E-state index in [0.717, 1.165) is 5.56 Å². The summed E-state index contributed by atoms with van der Waals surface area (Å²) in [5.74, 6) is -0.222. The van der Waals surface area contributed by atoms with Gasteiger partial charge < -0.3 is 10.6 Å². The van der Waals surface area contributed by atoms with Crippen LogP contribution in [0.2, 0.25) is 5.02 Å². The van der Waals surface area contributed by atoms with E-state index in [4.69, 9.17) is 11.6 Å². The summed E-state index contributed by atoms with van der Waals surface area (Å²) in [6, 6.07) is 7.34. The fraction of sp³-hybridized carbons (Fsp3) is 0.500. The van der Waals surface area contributed by atoms with Crippen molar-refractivity contribution in [3.05, 3.63) is 34.9 Å². The second kappa shape index (κ2) is 8.76. The van der Waals surface area contributed by atoms with Gasteiger partial charge in [0.1, 0.15) is 0 Å². The number of nitrogens with zero attached hydrogens (tertiary/aromatic N) is 1. The Kier molecular flexibility index (Phi) is 7.35. The Balaban J connectivity index is 2.43. The van der Waals surface area contributed by atoms with Crippen LogP contribution < -0.4 is 10.6 Å². The average molecular weight is 326 g/mol. The predicted molar refractivity (Wildman–Crippen MR) is 88.8 cm³/mol. The third-order valence-corrected chi connectivity index (χ3v) is 3.24. The molecular formula is C16H24ClN3O2. The van der Waals surface area contributed by atoms with Gasteiger partial charge in [0.15, 0.2) is 0 Å². The second-order valence-corrected chi connectivity index (χ2v) is 6.18. The quantitative estimate of drug-likeness (QED) is 0.805. The highest BCUT2D eigenvalue weighted by Crippen LogP contribution is 2.17. The van der Waals surface area contributed by atoms with Gasteiger partial charge in [0, 0.05) is 11.1 Å². The largest absolute Gasteiger partial charge is 0.353 e. The van der Waals surface area contributed by atoms with Gasteiger partial charge in [0.05, 0.1) is 19.1 Å². The zero-order valence-electron chi connectivity index (χ0n) is 13.5. The van der Waals surface area contributed by atoms with Crippen LogP contribution in [0, 0.1) is 0 Å². The molecule has 0 unspecified atom stereocenters. The highest BCUT2D eigenvalue weighted by Gasteiger charge is 2.14. The van der Waals surface area contributed by atoms with E-state index in [0.29, 0.717) is 5.02 Å². The summed E-state index contributed by atoms with van der Waals surface area (Å²) >= 11 is 5.94. The number of hydrogen-bond acceptors (Lipinski definition) is 3. The van der Waals surface area contributed by atoms with Crippen molar-refractivity contribution in [3.63, 3.8) is 0 Å². The van der Waals surface area contributed by atoms with Crippen molar-refractivity contribution in [2.24, 2.45) is 0 Å². The van der Waals surface area contributed by atoms with Crippen LogP contribution in [0.5, 0.6) is 0 Å². The van der Waals surface area contributed by atoms with Crippen LogP contribution in [0.1, 0.15) is 32.4 Å². The average Bonchev–Trinajstić information content (AvgIpc) is 2.36. The summed E-state index contributed by atoms with van der Waals surface area (Å²) in [6.45, 7) is 6.05. The number of amides is 2. The lowest BCUT2D eigenvalue weighted by atomic mass is 10.1. The Labute approximate surface area is 137 Å². The van der Waals surface area contributed by atoms with Crippen LogP contribution in [0.25, 0.3) is 0 Å². The number of rotatable bonds is 7.